The fourth-order valence-electron chi connectivity index (χ4n) is 0.765. The summed E-state index contributed by atoms with van der Waals surface area (Å²) in [6, 6.07) is 0. The summed E-state index contributed by atoms with van der Waals surface area (Å²) in [5.41, 5.74) is 10.2. The van der Waals surface area contributed by atoms with Crippen molar-refractivity contribution in [1.82, 2.24) is 0 Å². The van der Waals surface area contributed by atoms with E-state index in [1.54, 1.807) is 0 Å². The van der Waals surface area contributed by atoms with E-state index in [2.05, 4.69) is 4.99 Å². The maximum absolute atomic E-state index is 10.8. The Balaban J connectivity index is 3.88. The standard InChI is InChI=1S/C7H13N3O3/c1-4(5(11)6(12)13)2-3-10-7(8)9/h4H,2-3H2,1H3,(H,12,13)(H4,8,9,10)/t4-/m1/s1. The van der Waals surface area contributed by atoms with Crippen LogP contribution in [0.15, 0.2) is 0 Å². The van der Waals surface area contributed by atoms with Gasteiger partial charge in [0.25, 0.3) is 0 Å². The highest BCUT2D eigenvalue weighted by atomic mass is 16.4. The molecule has 6 heteroatoms. The van der Waals surface area contributed by atoms with Crippen molar-refractivity contribution in [2.75, 3.05) is 6.54 Å². The van der Waals surface area contributed by atoms with Gasteiger partial charge < -0.3 is 9.90 Å². The Morgan fingerprint density at radius 3 is 2.38 bits per heavy atom. The summed E-state index contributed by atoms with van der Waals surface area (Å²) in [5.74, 6) is -3.10. The topological polar surface area (TPSA) is 123 Å². The molecule has 0 saturated heterocycles. The molecule has 1 atom stereocenters. The second kappa shape index (κ2) is 5.13. The number of aliphatic carboxylic acids is 1. The molecular weight excluding hydrogens is 174 g/mol. The van der Waals surface area contributed by atoms with Gasteiger partial charge in [-0.05, 0) is 6.42 Å². The number of rotatable bonds is 5. The number of carbonyl (C=O) groups excluding carboxylic acids is 2. The van der Waals surface area contributed by atoms with Crippen molar-refractivity contribution in [2.24, 2.45) is 17.4 Å². The molecule has 0 amide bonds. The first kappa shape index (κ1) is 11.4. The minimum absolute atomic E-state index is 0.0492. The second-order valence-electron chi connectivity index (χ2n) is 2.72. The van der Waals surface area contributed by atoms with Crippen molar-refractivity contribution in [1.29, 1.82) is 0 Å². The monoisotopic (exact) mass is 187 g/mol. The van der Waals surface area contributed by atoms with Crippen molar-refractivity contribution >= 4 is 17.7 Å². The summed E-state index contributed by atoms with van der Waals surface area (Å²) < 4.78 is 0. The average molecular weight is 187 g/mol. The first-order chi connectivity index (χ1) is 5.95. The maximum atomic E-state index is 10.8. The predicted molar refractivity (Wildman–Crippen MR) is 43.0 cm³/mol. The zero-order chi connectivity index (χ0) is 10.4. The van der Waals surface area contributed by atoms with E-state index in [1.807, 2.05) is 0 Å². The SMILES string of the molecule is C[C@H](CC[NH+]=C(N)N)C(=O)C(=O)[O-]. The Morgan fingerprint density at radius 2 is 2.00 bits per heavy atom. The highest BCUT2D eigenvalue weighted by molar-refractivity contribution is 6.32. The van der Waals surface area contributed by atoms with Gasteiger partial charge in [-0.1, -0.05) is 6.92 Å². The average Bonchev–Trinajstić information content (AvgIpc) is 2.02. The maximum Gasteiger partial charge on any atom is 0.338 e. The molecule has 0 bridgehead atoms. The van der Waals surface area contributed by atoms with E-state index in [-0.39, 0.29) is 5.96 Å². The molecule has 5 N–H and O–H groups in total. The zero-order valence-electron chi connectivity index (χ0n) is 7.37. The fraction of sp³-hybridized carbons (Fsp3) is 0.571. The molecule has 0 rings (SSSR count). The van der Waals surface area contributed by atoms with E-state index in [9.17, 15) is 14.7 Å². The largest absolute Gasteiger partial charge is 0.542 e. The molecule has 6 nitrogen and oxygen atoms in total. The van der Waals surface area contributed by atoms with Crippen molar-refractivity contribution < 1.29 is 19.7 Å². The van der Waals surface area contributed by atoms with Crippen molar-refractivity contribution in [3.05, 3.63) is 0 Å². The van der Waals surface area contributed by atoms with Crippen LogP contribution in [0.25, 0.3) is 0 Å². The normalized spacial score (nSPS) is 11.8. The lowest BCUT2D eigenvalue weighted by Crippen LogP contribution is -2.78. The summed E-state index contributed by atoms with van der Waals surface area (Å²) in [5, 5.41) is 10.1. The molecule has 0 spiro atoms. The minimum Gasteiger partial charge on any atom is -0.542 e. The number of hydrogen-bond donors (Lipinski definition) is 3. The number of nitrogens with one attached hydrogen (secondary N) is 1. The summed E-state index contributed by atoms with van der Waals surface area (Å²) in [6.07, 6.45) is 0.352. The van der Waals surface area contributed by atoms with Crippen LogP contribution >= 0.6 is 0 Å². The first-order valence-corrected chi connectivity index (χ1v) is 3.82. The molecule has 0 aromatic carbocycles. The summed E-state index contributed by atoms with van der Waals surface area (Å²) in [7, 11) is 0. The Hall–Kier alpha value is -1.59. The molecule has 0 aliphatic rings. The quantitative estimate of drug-likeness (QED) is 0.228. The highest BCUT2D eigenvalue weighted by Crippen LogP contribution is 1.99. The molecule has 74 valence electrons. The number of carboxylic acid groups (broad SMARTS) is 1. The lowest BCUT2D eigenvalue weighted by molar-refractivity contribution is -0.460. The third kappa shape index (κ3) is 4.78. The van der Waals surface area contributed by atoms with E-state index in [1.165, 1.54) is 6.92 Å². The molecule has 13 heavy (non-hydrogen) atoms. The Bertz CT molecular complexity index is 233. The van der Waals surface area contributed by atoms with Gasteiger partial charge in [-0.3, -0.25) is 21.3 Å². The van der Waals surface area contributed by atoms with Crippen molar-refractivity contribution in [3.8, 4) is 0 Å². The van der Waals surface area contributed by atoms with Crippen LogP contribution in [0.3, 0.4) is 0 Å². The molecular formula is C7H13N3O3. The molecule has 0 aliphatic heterocycles. The van der Waals surface area contributed by atoms with Crippen LogP contribution in [0.2, 0.25) is 0 Å². The third-order valence-electron chi connectivity index (χ3n) is 1.56. The molecule has 0 fully saturated rings. The van der Waals surface area contributed by atoms with Gasteiger partial charge >= 0.3 is 5.96 Å². The van der Waals surface area contributed by atoms with Crippen LogP contribution in [0.1, 0.15) is 13.3 Å². The minimum atomic E-state index is -1.66. The number of carboxylic acids is 1. The van der Waals surface area contributed by atoms with Crippen LogP contribution in [-0.4, -0.2) is 24.3 Å². The third-order valence-corrected chi connectivity index (χ3v) is 1.56. The van der Waals surface area contributed by atoms with Crippen LogP contribution in [0.4, 0.5) is 0 Å². The van der Waals surface area contributed by atoms with Gasteiger partial charge in [-0.25, -0.2) is 0 Å². The van der Waals surface area contributed by atoms with Gasteiger partial charge in [-0.15, -0.1) is 0 Å². The number of guanidine groups is 1. The van der Waals surface area contributed by atoms with E-state index in [0.29, 0.717) is 13.0 Å². The molecule has 0 radical (unpaired) electrons. The molecule has 0 heterocycles. The number of hydrogen-bond acceptors (Lipinski definition) is 3. The lowest BCUT2D eigenvalue weighted by atomic mass is 10.0. The van der Waals surface area contributed by atoms with Gasteiger partial charge in [0.15, 0.2) is 5.78 Å². The Kier molecular flexibility index (Phi) is 4.50. The second-order valence-corrected chi connectivity index (χ2v) is 2.72. The van der Waals surface area contributed by atoms with Gasteiger partial charge in [0.05, 0.1) is 6.54 Å². The lowest BCUT2D eigenvalue weighted by Gasteiger charge is -2.07. The smallest absolute Gasteiger partial charge is 0.338 e. The van der Waals surface area contributed by atoms with Crippen molar-refractivity contribution in [2.45, 2.75) is 13.3 Å². The van der Waals surface area contributed by atoms with Crippen LogP contribution in [0, 0.1) is 5.92 Å². The molecule has 0 saturated carbocycles. The first-order valence-electron chi connectivity index (χ1n) is 3.82. The van der Waals surface area contributed by atoms with E-state index >= 15 is 0 Å². The predicted octanol–water partition coefficient (Wildman–Crippen LogP) is -4.31. The van der Waals surface area contributed by atoms with Crippen LogP contribution in [-0.2, 0) is 9.59 Å². The molecule has 0 aromatic rings. The Morgan fingerprint density at radius 1 is 1.46 bits per heavy atom. The van der Waals surface area contributed by atoms with Gasteiger partial charge in [0.1, 0.15) is 5.97 Å². The summed E-state index contributed by atoms with van der Waals surface area (Å²) in [6.45, 7) is 1.87. The fourth-order valence-corrected chi connectivity index (χ4v) is 0.765. The van der Waals surface area contributed by atoms with Gasteiger partial charge in [0.2, 0.25) is 0 Å². The van der Waals surface area contributed by atoms with E-state index in [0.717, 1.165) is 0 Å². The zero-order valence-corrected chi connectivity index (χ0v) is 7.37. The number of carbonyl (C=O) groups is 2. The van der Waals surface area contributed by atoms with Crippen molar-refractivity contribution in [3.63, 3.8) is 0 Å². The summed E-state index contributed by atoms with van der Waals surface area (Å²) >= 11 is 0. The molecule has 0 unspecified atom stereocenters. The van der Waals surface area contributed by atoms with Crippen LogP contribution < -0.4 is 21.6 Å². The Labute approximate surface area is 75.6 Å². The van der Waals surface area contributed by atoms with Gasteiger partial charge in [-0.2, -0.15) is 0 Å². The van der Waals surface area contributed by atoms with E-state index < -0.39 is 17.7 Å². The molecule has 0 aliphatic carbocycles. The van der Waals surface area contributed by atoms with Gasteiger partial charge in [0, 0.05) is 5.92 Å². The highest BCUT2D eigenvalue weighted by Gasteiger charge is 2.13. The van der Waals surface area contributed by atoms with Crippen LogP contribution in [0.5, 0.6) is 0 Å². The number of nitrogens with two attached hydrogens (primary N) is 2. The summed E-state index contributed by atoms with van der Waals surface area (Å²) in [4.78, 5) is 23.4. The number of Topliss-reactive ketones (excluding diaryl/α,β-unsaturated/α-hetero) is 1. The van der Waals surface area contributed by atoms with E-state index in [4.69, 9.17) is 11.5 Å². The molecule has 0 aromatic heterocycles. The number of ketones is 1.